The molecule has 0 spiro atoms. The van der Waals surface area contributed by atoms with Crippen molar-refractivity contribution in [1.82, 2.24) is 0 Å². The van der Waals surface area contributed by atoms with Crippen molar-refractivity contribution in [3.63, 3.8) is 0 Å². The molecular formula is C16H19NOSi. The molecule has 0 aromatic heterocycles. The highest BCUT2D eigenvalue weighted by atomic mass is 28.4. The number of hydrogen-bond donors (Lipinski definition) is 0. The van der Waals surface area contributed by atoms with E-state index in [0.29, 0.717) is 0 Å². The molecule has 0 atom stereocenters. The van der Waals surface area contributed by atoms with Gasteiger partial charge in [0, 0.05) is 11.1 Å². The lowest BCUT2D eigenvalue weighted by atomic mass is 10.0. The monoisotopic (exact) mass is 269 g/mol. The number of nitrogens with zero attached hydrogens (tertiary/aromatic N) is 1. The summed E-state index contributed by atoms with van der Waals surface area (Å²) in [5.74, 6) is 0. The Hall–Kier alpha value is -1.87. The van der Waals surface area contributed by atoms with E-state index in [9.17, 15) is 0 Å². The van der Waals surface area contributed by atoms with Gasteiger partial charge < -0.3 is 4.53 Å². The second-order valence-electron chi connectivity index (χ2n) is 5.38. The molecule has 0 radical (unpaired) electrons. The van der Waals surface area contributed by atoms with E-state index in [1.54, 1.807) is 0 Å². The molecule has 0 aliphatic carbocycles. The summed E-state index contributed by atoms with van der Waals surface area (Å²) >= 11 is 0. The summed E-state index contributed by atoms with van der Waals surface area (Å²) in [7, 11) is -1.67. The van der Waals surface area contributed by atoms with Gasteiger partial charge in [0.2, 0.25) is 0 Å². The van der Waals surface area contributed by atoms with E-state index in [4.69, 9.17) is 4.53 Å². The topological polar surface area (TPSA) is 21.6 Å². The Bertz CT molecular complexity index is 502. The van der Waals surface area contributed by atoms with Crippen LogP contribution in [0.4, 0.5) is 0 Å². The Kier molecular flexibility index (Phi) is 4.17. The van der Waals surface area contributed by atoms with Crippen molar-refractivity contribution in [2.45, 2.75) is 19.6 Å². The summed E-state index contributed by atoms with van der Waals surface area (Å²) in [6, 6.07) is 20.3. The number of oxime groups is 1. The molecule has 0 N–H and O–H groups in total. The lowest BCUT2D eigenvalue weighted by Gasteiger charge is -2.15. The van der Waals surface area contributed by atoms with Gasteiger partial charge in [0.1, 0.15) is 5.71 Å². The minimum Gasteiger partial charge on any atom is -0.455 e. The van der Waals surface area contributed by atoms with Crippen molar-refractivity contribution in [2.75, 3.05) is 0 Å². The number of rotatable bonds is 4. The third-order valence-electron chi connectivity index (χ3n) is 2.51. The normalized spacial score (nSPS) is 10.9. The SMILES string of the molecule is C[Si](C)(C)ON=C(c1ccccc1)c1ccccc1. The zero-order valence-corrected chi connectivity index (χ0v) is 12.6. The third kappa shape index (κ3) is 4.07. The van der Waals surface area contributed by atoms with Gasteiger partial charge in [-0.05, 0) is 19.6 Å². The standard InChI is InChI=1S/C16H19NOSi/c1-19(2,3)18-17-16(14-10-6-4-7-11-14)15-12-8-5-9-13-15/h4-13H,1-3H3. The minimum absolute atomic E-state index is 0.892. The van der Waals surface area contributed by atoms with Crippen LogP contribution in [0, 0.1) is 0 Å². The second-order valence-corrected chi connectivity index (χ2v) is 9.78. The summed E-state index contributed by atoms with van der Waals surface area (Å²) < 4.78 is 5.73. The van der Waals surface area contributed by atoms with Gasteiger partial charge in [-0.3, -0.25) is 0 Å². The van der Waals surface area contributed by atoms with E-state index in [1.807, 2.05) is 36.4 Å². The quantitative estimate of drug-likeness (QED) is 0.461. The van der Waals surface area contributed by atoms with E-state index < -0.39 is 8.32 Å². The average molecular weight is 269 g/mol. The van der Waals surface area contributed by atoms with Crippen molar-refractivity contribution in [3.8, 4) is 0 Å². The first-order valence-electron chi connectivity index (χ1n) is 6.43. The van der Waals surface area contributed by atoms with Crippen LogP contribution in [0.2, 0.25) is 19.6 Å². The fourth-order valence-corrected chi connectivity index (χ4v) is 2.01. The Morgan fingerprint density at radius 1 is 0.789 bits per heavy atom. The minimum atomic E-state index is -1.67. The van der Waals surface area contributed by atoms with Gasteiger partial charge in [-0.2, -0.15) is 0 Å². The molecule has 2 rings (SSSR count). The van der Waals surface area contributed by atoms with Crippen molar-refractivity contribution in [2.24, 2.45) is 5.16 Å². The lowest BCUT2D eigenvalue weighted by molar-refractivity contribution is 0.336. The highest BCUT2D eigenvalue weighted by molar-refractivity contribution is 6.69. The van der Waals surface area contributed by atoms with Gasteiger partial charge in [0.15, 0.2) is 0 Å². The highest BCUT2D eigenvalue weighted by Gasteiger charge is 2.17. The van der Waals surface area contributed by atoms with E-state index in [0.717, 1.165) is 16.8 Å². The molecule has 0 saturated heterocycles. The third-order valence-corrected chi connectivity index (χ3v) is 3.14. The molecule has 0 aliphatic rings. The van der Waals surface area contributed by atoms with Crippen LogP contribution in [0.1, 0.15) is 11.1 Å². The molecule has 0 fully saturated rings. The molecule has 0 aliphatic heterocycles. The van der Waals surface area contributed by atoms with Crippen LogP contribution in [0.5, 0.6) is 0 Å². The van der Waals surface area contributed by atoms with Gasteiger partial charge in [-0.1, -0.05) is 60.7 Å². The molecule has 19 heavy (non-hydrogen) atoms. The molecule has 3 heteroatoms. The van der Waals surface area contributed by atoms with E-state index >= 15 is 0 Å². The van der Waals surface area contributed by atoms with Crippen LogP contribution in [0.15, 0.2) is 65.8 Å². The van der Waals surface area contributed by atoms with Crippen LogP contribution in [-0.4, -0.2) is 14.0 Å². The van der Waals surface area contributed by atoms with E-state index in [-0.39, 0.29) is 0 Å². The predicted octanol–water partition coefficient (Wildman–Crippen LogP) is 4.29. The summed E-state index contributed by atoms with van der Waals surface area (Å²) in [5, 5.41) is 4.41. The summed E-state index contributed by atoms with van der Waals surface area (Å²) in [4.78, 5) is 0. The number of hydrogen-bond acceptors (Lipinski definition) is 2. The number of benzene rings is 2. The first-order chi connectivity index (χ1) is 9.06. The van der Waals surface area contributed by atoms with Crippen molar-refractivity contribution in [3.05, 3.63) is 71.8 Å². The van der Waals surface area contributed by atoms with Crippen LogP contribution in [0.3, 0.4) is 0 Å². The summed E-state index contributed by atoms with van der Waals surface area (Å²) in [5.41, 5.74) is 3.04. The van der Waals surface area contributed by atoms with Crippen molar-refractivity contribution >= 4 is 14.0 Å². The molecule has 0 saturated carbocycles. The van der Waals surface area contributed by atoms with Crippen molar-refractivity contribution < 1.29 is 4.53 Å². The Morgan fingerprint density at radius 3 is 1.58 bits per heavy atom. The molecule has 2 nitrogen and oxygen atoms in total. The molecular weight excluding hydrogens is 250 g/mol. The highest BCUT2D eigenvalue weighted by Crippen LogP contribution is 2.13. The molecule has 2 aromatic carbocycles. The molecule has 0 unspecified atom stereocenters. The zero-order chi connectivity index (χ0) is 13.7. The lowest BCUT2D eigenvalue weighted by Crippen LogP contribution is -2.23. The van der Waals surface area contributed by atoms with Crippen molar-refractivity contribution in [1.29, 1.82) is 0 Å². The summed E-state index contributed by atoms with van der Waals surface area (Å²) in [6.45, 7) is 6.39. The van der Waals surface area contributed by atoms with Crippen LogP contribution < -0.4 is 0 Å². The fourth-order valence-electron chi connectivity index (χ4n) is 1.65. The van der Waals surface area contributed by atoms with Gasteiger partial charge in [-0.15, -0.1) is 5.16 Å². The van der Waals surface area contributed by atoms with Crippen LogP contribution in [-0.2, 0) is 4.53 Å². The first kappa shape index (κ1) is 13.6. The Morgan fingerprint density at radius 2 is 1.21 bits per heavy atom. The molecule has 0 amide bonds. The first-order valence-corrected chi connectivity index (χ1v) is 9.84. The van der Waals surface area contributed by atoms with Gasteiger partial charge in [0.25, 0.3) is 8.32 Å². The van der Waals surface area contributed by atoms with E-state index in [2.05, 4.69) is 49.1 Å². The summed E-state index contributed by atoms with van der Waals surface area (Å²) in [6.07, 6.45) is 0. The molecule has 2 aromatic rings. The molecule has 0 bridgehead atoms. The van der Waals surface area contributed by atoms with Crippen LogP contribution in [0.25, 0.3) is 0 Å². The van der Waals surface area contributed by atoms with Gasteiger partial charge in [-0.25, -0.2) is 0 Å². The largest absolute Gasteiger partial charge is 0.455 e. The van der Waals surface area contributed by atoms with Gasteiger partial charge in [0.05, 0.1) is 0 Å². The molecule has 0 heterocycles. The average Bonchev–Trinajstić information content (AvgIpc) is 2.40. The van der Waals surface area contributed by atoms with Crippen LogP contribution >= 0.6 is 0 Å². The maximum absolute atomic E-state index is 5.73. The Labute approximate surface area is 115 Å². The maximum Gasteiger partial charge on any atom is 0.278 e. The maximum atomic E-state index is 5.73. The molecule has 98 valence electrons. The zero-order valence-electron chi connectivity index (χ0n) is 11.6. The van der Waals surface area contributed by atoms with Gasteiger partial charge >= 0.3 is 0 Å². The fraction of sp³-hybridized carbons (Fsp3) is 0.188. The second kappa shape index (κ2) is 5.84. The smallest absolute Gasteiger partial charge is 0.278 e. The van der Waals surface area contributed by atoms with E-state index in [1.165, 1.54) is 0 Å². The Balaban J connectivity index is 2.40. The predicted molar refractivity (Wildman–Crippen MR) is 83.0 cm³/mol.